The lowest BCUT2D eigenvalue weighted by molar-refractivity contribution is 0.299. The number of hydrogen-bond donors (Lipinski definition) is 0. The maximum absolute atomic E-state index is 8.90. The van der Waals surface area contributed by atoms with Gasteiger partial charge in [-0.15, -0.1) is 12.4 Å². The van der Waals surface area contributed by atoms with E-state index in [1.54, 1.807) is 0 Å². The van der Waals surface area contributed by atoms with E-state index in [9.17, 15) is 0 Å². The molecule has 0 bridgehead atoms. The normalized spacial score (nSPS) is 25.4. The first-order valence-electron chi connectivity index (χ1n) is 6.72. The number of nitriles is 1. The third-order valence-electron chi connectivity index (χ3n) is 4.41. The summed E-state index contributed by atoms with van der Waals surface area (Å²) in [5, 5.41) is 9.47. The van der Waals surface area contributed by atoms with Crippen molar-refractivity contribution in [3.05, 3.63) is 28.8 Å². The van der Waals surface area contributed by atoms with E-state index in [0.29, 0.717) is 10.6 Å². The molecule has 0 radical (unpaired) electrons. The Morgan fingerprint density at radius 2 is 1.79 bits per heavy atom. The maximum atomic E-state index is 8.90. The van der Waals surface area contributed by atoms with Crippen molar-refractivity contribution in [3.8, 4) is 6.07 Å². The van der Waals surface area contributed by atoms with Crippen LogP contribution in [0.3, 0.4) is 0 Å². The molecule has 0 amide bonds. The van der Waals surface area contributed by atoms with Crippen LogP contribution in [0.4, 0.5) is 5.69 Å². The van der Waals surface area contributed by atoms with Gasteiger partial charge in [0.1, 0.15) is 6.07 Å². The Morgan fingerprint density at radius 1 is 1.16 bits per heavy atom. The van der Waals surface area contributed by atoms with E-state index in [1.807, 2.05) is 18.2 Å². The molecule has 3 rings (SSSR count). The molecule has 2 nitrogen and oxygen atoms in total. The van der Waals surface area contributed by atoms with Gasteiger partial charge >= 0.3 is 0 Å². The number of anilines is 1. The highest BCUT2D eigenvalue weighted by Gasteiger charge is 2.34. The summed E-state index contributed by atoms with van der Waals surface area (Å²) in [6, 6.07) is 7.92. The fraction of sp³-hybridized carbons (Fsp3) is 0.533. The Hall–Kier alpha value is -0.910. The van der Waals surface area contributed by atoms with E-state index in [-0.39, 0.29) is 12.4 Å². The first-order chi connectivity index (χ1) is 8.78. The summed E-state index contributed by atoms with van der Waals surface area (Å²) in [5.74, 6) is 1.74. The Balaban J connectivity index is 0.00000133. The predicted octanol–water partition coefficient (Wildman–Crippen LogP) is 4.26. The standard InChI is InChI=1S/C15H17ClN2.ClH/c16-15-7-14(6-5-11(15)8-17)18-9-12-3-1-2-4-13(12)10-18;/h5-7,12-13H,1-4,9-10H2;1H. The minimum atomic E-state index is 0. The van der Waals surface area contributed by atoms with Gasteiger partial charge < -0.3 is 4.90 Å². The molecule has 0 spiro atoms. The van der Waals surface area contributed by atoms with Crippen LogP contribution < -0.4 is 4.90 Å². The second kappa shape index (κ2) is 6.03. The molecule has 1 aromatic carbocycles. The highest BCUT2D eigenvalue weighted by atomic mass is 35.5. The Morgan fingerprint density at radius 3 is 2.32 bits per heavy atom. The van der Waals surface area contributed by atoms with Crippen LogP contribution in [0.2, 0.25) is 5.02 Å². The quantitative estimate of drug-likeness (QED) is 0.774. The molecular formula is C15H18Cl2N2. The second-order valence-electron chi connectivity index (χ2n) is 5.49. The van der Waals surface area contributed by atoms with Gasteiger partial charge in [-0.1, -0.05) is 24.4 Å². The highest BCUT2D eigenvalue weighted by molar-refractivity contribution is 6.32. The number of hydrogen-bond acceptors (Lipinski definition) is 2. The highest BCUT2D eigenvalue weighted by Crippen LogP contribution is 2.38. The number of halogens is 2. The molecule has 1 aromatic rings. The molecular weight excluding hydrogens is 279 g/mol. The molecule has 2 unspecified atom stereocenters. The molecule has 2 aliphatic rings. The molecule has 4 heteroatoms. The predicted molar refractivity (Wildman–Crippen MR) is 81.1 cm³/mol. The molecule has 2 atom stereocenters. The molecule has 2 fully saturated rings. The van der Waals surface area contributed by atoms with Crippen LogP contribution in [0.5, 0.6) is 0 Å². The maximum Gasteiger partial charge on any atom is 0.101 e. The van der Waals surface area contributed by atoms with Crippen molar-refractivity contribution < 1.29 is 0 Å². The van der Waals surface area contributed by atoms with Gasteiger partial charge in [-0.3, -0.25) is 0 Å². The average molecular weight is 297 g/mol. The zero-order valence-electron chi connectivity index (χ0n) is 10.8. The third kappa shape index (κ3) is 2.83. The molecule has 1 heterocycles. The second-order valence-corrected chi connectivity index (χ2v) is 5.89. The third-order valence-corrected chi connectivity index (χ3v) is 4.73. The van der Waals surface area contributed by atoms with Crippen LogP contribution >= 0.6 is 24.0 Å². The van der Waals surface area contributed by atoms with E-state index >= 15 is 0 Å². The van der Waals surface area contributed by atoms with Crippen LogP contribution in [0.15, 0.2) is 18.2 Å². The van der Waals surface area contributed by atoms with Crippen LogP contribution in [0.1, 0.15) is 31.2 Å². The zero-order valence-corrected chi connectivity index (χ0v) is 12.4. The van der Waals surface area contributed by atoms with E-state index in [1.165, 1.54) is 31.4 Å². The van der Waals surface area contributed by atoms with Crippen LogP contribution in [0, 0.1) is 23.2 Å². The molecule has 1 saturated carbocycles. The summed E-state index contributed by atoms with van der Waals surface area (Å²) >= 11 is 6.11. The lowest BCUT2D eigenvalue weighted by atomic mass is 9.82. The van der Waals surface area contributed by atoms with E-state index in [0.717, 1.165) is 24.9 Å². The monoisotopic (exact) mass is 296 g/mol. The SMILES string of the molecule is Cl.N#Cc1ccc(N2CC3CCCCC3C2)cc1Cl. The van der Waals surface area contributed by atoms with Crippen LogP contribution in [-0.4, -0.2) is 13.1 Å². The van der Waals surface area contributed by atoms with Crippen molar-refractivity contribution in [2.75, 3.05) is 18.0 Å². The van der Waals surface area contributed by atoms with Gasteiger partial charge in [0.05, 0.1) is 10.6 Å². The van der Waals surface area contributed by atoms with Gasteiger partial charge in [-0.25, -0.2) is 0 Å². The summed E-state index contributed by atoms with van der Waals surface area (Å²) in [7, 11) is 0. The minimum absolute atomic E-state index is 0. The summed E-state index contributed by atoms with van der Waals surface area (Å²) in [6.45, 7) is 2.32. The van der Waals surface area contributed by atoms with Gasteiger partial charge in [-0.2, -0.15) is 5.26 Å². The Kier molecular flexibility index (Phi) is 4.60. The van der Waals surface area contributed by atoms with Crippen molar-refractivity contribution in [1.29, 1.82) is 5.26 Å². The first-order valence-corrected chi connectivity index (χ1v) is 7.10. The lowest BCUT2D eigenvalue weighted by Crippen LogP contribution is -2.19. The molecule has 19 heavy (non-hydrogen) atoms. The molecule has 0 aromatic heterocycles. The van der Waals surface area contributed by atoms with Crippen LogP contribution in [0.25, 0.3) is 0 Å². The molecule has 0 N–H and O–H groups in total. The Labute approximate surface area is 125 Å². The number of fused-ring (bicyclic) bond motifs is 1. The smallest absolute Gasteiger partial charge is 0.101 e. The van der Waals surface area contributed by atoms with Gasteiger partial charge in [-0.05, 0) is 42.9 Å². The van der Waals surface area contributed by atoms with Gasteiger partial charge in [0.15, 0.2) is 0 Å². The summed E-state index contributed by atoms with van der Waals surface area (Å²) in [5.41, 5.74) is 1.74. The molecule has 1 saturated heterocycles. The van der Waals surface area contributed by atoms with Gasteiger partial charge in [0.25, 0.3) is 0 Å². The first kappa shape index (κ1) is 14.5. The van der Waals surface area contributed by atoms with Gasteiger partial charge in [0.2, 0.25) is 0 Å². The largest absolute Gasteiger partial charge is 0.371 e. The number of nitrogens with zero attached hydrogens (tertiary/aromatic N) is 2. The number of benzene rings is 1. The minimum Gasteiger partial charge on any atom is -0.371 e. The van der Waals surface area contributed by atoms with Crippen molar-refractivity contribution in [3.63, 3.8) is 0 Å². The van der Waals surface area contributed by atoms with Gasteiger partial charge in [0, 0.05) is 18.8 Å². The average Bonchev–Trinajstić information content (AvgIpc) is 2.82. The fourth-order valence-corrected chi connectivity index (χ4v) is 3.63. The summed E-state index contributed by atoms with van der Waals surface area (Å²) in [4.78, 5) is 2.44. The lowest BCUT2D eigenvalue weighted by Gasteiger charge is -2.22. The summed E-state index contributed by atoms with van der Waals surface area (Å²) < 4.78 is 0. The molecule has 102 valence electrons. The summed E-state index contributed by atoms with van der Waals surface area (Å²) in [6.07, 6.45) is 5.54. The zero-order chi connectivity index (χ0) is 12.5. The van der Waals surface area contributed by atoms with Crippen LogP contribution in [-0.2, 0) is 0 Å². The van der Waals surface area contributed by atoms with Crippen molar-refractivity contribution in [2.45, 2.75) is 25.7 Å². The van der Waals surface area contributed by atoms with E-state index in [4.69, 9.17) is 16.9 Å². The van der Waals surface area contributed by atoms with Crippen molar-refractivity contribution >= 4 is 29.7 Å². The van der Waals surface area contributed by atoms with Crippen molar-refractivity contribution in [1.82, 2.24) is 0 Å². The number of rotatable bonds is 1. The fourth-order valence-electron chi connectivity index (χ4n) is 3.41. The van der Waals surface area contributed by atoms with E-state index in [2.05, 4.69) is 11.0 Å². The van der Waals surface area contributed by atoms with Crippen molar-refractivity contribution in [2.24, 2.45) is 11.8 Å². The Bertz CT molecular complexity index is 481. The molecule has 1 aliphatic carbocycles. The van der Waals surface area contributed by atoms with E-state index < -0.39 is 0 Å². The topological polar surface area (TPSA) is 27.0 Å². The molecule has 1 aliphatic heterocycles.